The van der Waals surface area contributed by atoms with Gasteiger partial charge >= 0.3 is 0 Å². The summed E-state index contributed by atoms with van der Waals surface area (Å²) in [5.74, 6) is -0.280. The lowest BCUT2D eigenvalue weighted by Gasteiger charge is -2.19. The van der Waals surface area contributed by atoms with Crippen LogP contribution in [0.25, 0.3) is 0 Å². The van der Waals surface area contributed by atoms with Crippen LogP contribution >= 0.6 is 0 Å². The summed E-state index contributed by atoms with van der Waals surface area (Å²) in [6.45, 7) is 6.42. The van der Waals surface area contributed by atoms with Crippen molar-refractivity contribution < 1.29 is 9.59 Å². The van der Waals surface area contributed by atoms with Crippen molar-refractivity contribution in [2.75, 3.05) is 17.3 Å². The van der Waals surface area contributed by atoms with Gasteiger partial charge in [-0.15, -0.1) is 0 Å². The van der Waals surface area contributed by atoms with Crippen molar-refractivity contribution in [2.45, 2.75) is 26.2 Å². The highest BCUT2D eigenvalue weighted by Crippen LogP contribution is 2.22. The highest BCUT2D eigenvalue weighted by Gasteiger charge is 2.15. The Labute approximate surface area is 172 Å². The molecule has 0 unspecified atom stereocenters. The fourth-order valence-corrected chi connectivity index (χ4v) is 2.98. The number of carbonyl (C=O) groups is 2. The Kier molecular flexibility index (Phi) is 5.83. The second-order valence-electron chi connectivity index (χ2n) is 8.06. The van der Waals surface area contributed by atoms with Crippen molar-refractivity contribution in [3.8, 4) is 0 Å². The Hall–Kier alpha value is -3.40. The summed E-state index contributed by atoms with van der Waals surface area (Å²) in [5.41, 5.74) is 3.86. The summed E-state index contributed by atoms with van der Waals surface area (Å²) in [7, 11) is 1.74. The average Bonchev–Trinajstić information content (AvgIpc) is 2.73. The zero-order valence-corrected chi connectivity index (χ0v) is 17.3. The smallest absolute Gasteiger partial charge is 0.258 e. The van der Waals surface area contributed by atoms with Crippen LogP contribution < -0.4 is 10.2 Å². The number of nitrogens with one attached hydrogen (secondary N) is 1. The van der Waals surface area contributed by atoms with E-state index >= 15 is 0 Å². The van der Waals surface area contributed by atoms with Crippen molar-refractivity contribution in [1.82, 2.24) is 0 Å². The Bertz CT molecular complexity index is 986. The van der Waals surface area contributed by atoms with Crippen LogP contribution in [-0.4, -0.2) is 18.9 Å². The van der Waals surface area contributed by atoms with E-state index in [1.54, 1.807) is 36.2 Å². The molecule has 148 valence electrons. The van der Waals surface area contributed by atoms with E-state index in [2.05, 4.69) is 26.1 Å². The molecule has 0 aromatic heterocycles. The molecule has 0 atom stereocenters. The Morgan fingerprint density at radius 2 is 1.31 bits per heavy atom. The van der Waals surface area contributed by atoms with Gasteiger partial charge < -0.3 is 10.2 Å². The van der Waals surface area contributed by atoms with E-state index in [1.165, 1.54) is 5.56 Å². The van der Waals surface area contributed by atoms with Crippen molar-refractivity contribution in [3.05, 3.63) is 95.6 Å². The SMILES string of the molecule is CN(C(=O)c1ccc(NC(=O)c2ccc(C(C)(C)C)cc2)cc1)c1ccccc1. The molecule has 0 aliphatic carbocycles. The van der Waals surface area contributed by atoms with E-state index in [4.69, 9.17) is 0 Å². The second-order valence-corrected chi connectivity index (χ2v) is 8.06. The maximum atomic E-state index is 12.7. The molecule has 0 spiro atoms. The summed E-state index contributed by atoms with van der Waals surface area (Å²) < 4.78 is 0. The van der Waals surface area contributed by atoms with Crippen LogP contribution in [0.15, 0.2) is 78.9 Å². The zero-order valence-electron chi connectivity index (χ0n) is 17.3. The summed E-state index contributed by atoms with van der Waals surface area (Å²) >= 11 is 0. The normalized spacial score (nSPS) is 11.0. The highest BCUT2D eigenvalue weighted by molar-refractivity contribution is 6.07. The van der Waals surface area contributed by atoms with E-state index in [9.17, 15) is 9.59 Å². The predicted molar refractivity (Wildman–Crippen MR) is 119 cm³/mol. The highest BCUT2D eigenvalue weighted by atomic mass is 16.2. The Morgan fingerprint density at radius 3 is 1.86 bits per heavy atom. The summed E-state index contributed by atoms with van der Waals surface area (Å²) in [4.78, 5) is 26.8. The maximum Gasteiger partial charge on any atom is 0.258 e. The van der Waals surface area contributed by atoms with E-state index in [1.807, 2.05) is 54.6 Å². The third-order valence-electron chi connectivity index (χ3n) is 4.85. The van der Waals surface area contributed by atoms with E-state index in [0.717, 1.165) is 5.69 Å². The molecule has 0 saturated heterocycles. The molecule has 3 aromatic rings. The lowest BCUT2D eigenvalue weighted by Crippen LogP contribution is -2.26. The van der Waals surface area contributed by atoms with E-state index < -0.39 is 0 Å². The number of para-hydroxylation sites is 1. The topological polar surface area (TPSA) is 49.4 Å². The van der Waals surface area contributed by atoms with Crippen LogP contribution in [-0.2, 0) is 5.41 Å². The van der Waals surface area contributed by atoms with Crippen molar-refractivity contribution >= 4 is 23.2 Å². The molecular formula is C25H26N2O2. The Balaban J connectivity index is 1.67. The number of anilines is 2. The fourth-order valence-electron chi connectivity index (χ4n) is 2.98. The molecule has 0 heterocycles. The molecular weight excluding hydrogens is 360 g/mol. The minimum absolute atomic E-state index is 0.0459. The second kappa shape index (κ2) is 8.31. The molecule has 29 heavy (non-hydrogen) atoms. The number of carbonyl (C=O) groups excluding carboxylic acids is 2. The average molecular weight is 386 g/mol. The van der Waals surface area contributed by atoms with Crippen LogP contribution in [0.5, 0.6) is 0 Å². The van der Waals surface area contributed by atoms with Crippen LogP contribution in [0.2, 0.25) is 0 Å². The molecule has 0 saturated carbocycles. The van der Waals surface area contributed by atoms with Crippen LogP contribution in [0.4, 0.5) is 11.4 Å². The Morgan fingerprint density at radius 1 is 0.759 bits per heavy atom. The van der Waals surface area contributed by atoms with E-state index in [-0.39, 0.29) is 17.2 Å². The quantitative estimate of drug-likeness (QED) is 0.642. The molecule has 0 aliphatic rings. The molecule has 3 aromatic carbocycles. The van der Waals surface area contributed by atoms with Crippen molar-refractivity contribution in [2.24, 2.45) is 0 Å². The zero-order chi connectivity index (χ0) is 21.0. The van der Waals surface area contributed by atoms with Gasteiger partial charge in [0.2, 0.25) is 0 Å². The number of rotatable bonds is 4. The van der Waals surface area contributed by atoms with Gasteiger partial charge in [0, 0.05) is 29.5 Å². The third kappa shape index (κ3) is 4.91. The summed E-state index contributed by atoms with van der Waals surface area (Å²) in [6, 6.07) is 24.0. The van der Waals surface area contributed by atoms with Gasteiger partial charge in [-0.05, 0) is 59.5 Å². The number of hydrogen-bond acceptors (Lipinski definition) is 2. The fraction of sp³-hybridized carbons (Fsp3) is 0.200. The first-order valence-electron chi connectivity index (χ1n) is 9.61. The van der Waals surface area contributed by atoms with Crippen LogP contribution in [0.3, 0.4) is 0 Å². The lowest BCUT2D eigenvalue weighted by atomic mass is 9.87. The molecule has 4 heteroatoms. The molecule has 0 radical (unpaired) electrons. The first-order chi connectivity index (χ1) is 13.8. The van der Waals surface area contributed by atoms with Gasteiger partial charge in [0.05, 0.1) is 0 Å². The molecule has 2 amide bonds. The number of amides is 2. The van der Waals surface area contributed by atoms with Gasteiger partial charge in [-0.2, -0.15) is 0 Å². The van der Waals surface area contributed by atoms with Gasteiger partial charge in [0.1, 0.15) is 0 Å². The van der Waals surface area contributed by atoms with E-state index in [0.29, 0.717) is 16.8 Å². The monoisotopic (exact) mass is 386 g/mol. The van der Waals surface area contributed by atoms with Gasteiger partial charge in [-0.25, -0.2) is 0 Å². The maximum absolute atomic E-state index is 12.7. The molecule has 0 fully saturated rings. The van der Waals surface area contributed by atoms with Gasteiger partial charge in [0.15, 0.2) is 0 Å². The summed E-state index contributed by atoms with van der Waals surface area (Å²) in [5, 5.41) is 2.88. The molecule has 0 bridgehead atoms. The molecule has 3 rings (SSSR count). The summed E-state index contributed by atoms with van der Waals surface area (Å²) in [6.07, 6.45) is 0. The standard InChI is InChI=1S/C25H26N2O2/c1-25(2,3)20-14-10-18(11-15-20)23(28)26-21-16-12-19(13-17-21)24(29)27(4)22-8-6-5-7-9-22/h5-17H,1-4H3,(H,26,28). The number of benzene rings is 3. The van der Waals surface area contributed by atoms with Crippen molar-refractivity contribution in [3.63, 3.8) is 0 Å². The molecule has 1 N–H and O–H groups in total. The number of nitrogens with zero attached hydrogens (tertiary/aromatic N) is 1. The van der Waals surface area contributed by atoms with Crippen molar-refractivity contribution in [1.29, 1.82) is 0 Å². The van der Waals surface area contributed by atoms with Gasteiger partial charge in [-0.3, -0.25) is 9.59 Å². The number of hydrogen-bond donors (Lipinski definition) is 1. The van der Waals surface area contributed by atoms with Crippen LogP contribution in [0, 0.1) is 0 Å². The minimum atomic E-state index is -0.175. The molecule has 4 nitrogen and oxygen atoms in total. The third-order valence-corrected chi connectivity index (χ3v) is 4.85. The first kappa shape index (κ1) is 20.3. The van der Waals surface area contributed by atoms with Gasteiger partial charge in [-0.1, -0.05) is 51.1 Å². The van der Waals surface area contributed by atoms with Gasteiger partial charge in [0.25, 0.3) is 11.8 Å². The predicted octanol–water partition coefficient (Wildman–Crippen LogP) is 5.51. The molecule has 0 aliphatic heterocycles. The largest absolute Gasteiger partial charge is 0.322 e. The lowest BCUT2D eigenvalue weighted by molar-refractivity contribution is 0.0991. The van der Waals surface area contributed by atoms with Crippen LogP contribution in [0.1, 0.15) is 47.1 Å². The first-order valence-corrected chi connectivity index (χ1v) is 9.61. The minimum Gasteiger partial charge on any atom is -0.322 e.